The van der Waals surface area contributed by atoms with E-state index in [0.717, 1.165) is 5.56 Å². The third kappa shape index (κ3) is 6.86. The first-order chi connectivity index (χ1) is 17.8. The third-order valence-corrected chi connectivity index (χ3v) is 6.27. The fourth-order valence-electron chi connectivity index (χ4n) is 3.42. The summed E-state index contributed by atoms with van der Waals surface area (Å²) >= 11 is 17.6. The molecule has 186 valence electrons. The number of furan rings is 1. The molecule has 1 aromatic heterocycles. The minimum atomic E-state index is -0.431. The first-order valence-electron chi connectivity index (χ1n) is 11.1. The predicted molar refractivity (Wildman–Crippen MR) is 153 cm³/mol. The SMILES string of the molecule is Cc1cc(NC(=S)NC(=O)C=Cc2ccc(-c3cccc(Cl)c3Cl)o2)ccc1NC(=O)c1ccccc1. The van der Waals surface area contributed by atoms with Crippen LogP contribution in [0.15, 0.2) is 89.4 Å². The van der Waals surface area contributed by atoms with E-state index in [1.807, 2.05) is 31.2 Å². The highest BCUT2D eigenvalue weighted by molar-refractivity contribution is 7.80. The Bertz CT molecular complexity index is 1500. The van der Waals surface area contributed by atoms with E-state index in [2.05, 4.69) is 16.0 Å². The lowest BCUT2D eigenvalue weighted by Gasteiger charge is -2.12. The Kier molecular flexibility index (Phi) is 8.40. The molecule has 0 aliphatic heterocycles. The second kappa shape index (κ2) is 11.9. The van der Waals surface area contributed by atoms with Crippen LogP contribution in [-0.4, -0.2) is 16.9 Å². The first-order valence-corrected chi connectivity index (χ1v) is 12.3. The fourth-order valence-corrected chi connectivity index (χ4v) is 4.03. The van der Waals surface area contributed by atoms with Crippen LogP contribution in [0.25, 0.3) is 17.4 Å². The molecule has 0 bridgehead atoms. The number of anilines is 2. The number of hydrogen-bond donors (Lipinski definition) is 3. The van der Waals surface area contributed by atoms with Crippen molar-refractivity contribution in [2.45, 2.75) is 6.92 Å². The van der Waals surface area contributed by atoms with Gasteiger partial charge in [-0.25, -0.2) is 0 Å². The van der Waals surface area contributed by atoms with Crippen molar-refractivity contribution >= 4 is 69.8 Å². The second-order valence-corrected chi connectivity index (χ2v) is 9.12. The van der Waals surface area contributed by atoms with Gasteiger partial charge in [-0.05, 0) is 85.4 Å². The molecule has 4 rings (SSSR count). The third-order valence-electron chi connectivity index (χ3n) is 5.25. The van der Waals surface area contributed by atoms with Gasteiger partial charge in [-0.3, -0.25) is 14.9 Å². The number of carbonyl (C=O) groups is 2. The number of amides is 2. The average molecular weight is 550 g/mol. The van der Waals surface area contributed by atoms with E-state index in [9.17, 15) is 9.59 Å². The Morgan fingerprint density at radius 2 is 1.70 bits per heavy atom. The summed E-state index contributed by atoms with van der Waals surface area (Å²) in [4.78, 5) is 24.7. The van der Waals surface area contributed by atoms with E-state index in [1.54, 1.807) is 54.6 Å². The predicted octanol–water partition coefficient (Wildman–Crippen LogP) is 7.34. The number of halogens is 2. The molecule has 0 aliphatic carbocycles. The summed E-state index contributed by atoms with van der Waals surface area (Å²) in [5.41, 5.74) is 3.40. The Morgan fingerprint density at radius 1 is 0.919 bits per heavy atom. The van der Waals surface area contributed by atoms with Crippen LogP contribution in [0.2, 0.25) is 10.0 Å². The van der Waals surface area contributed by atoms with Gasteiger partial charge in [0.25, 0.3) is 5.91 Å². The van der Waals surface area contributed by atoms with Crippen molar-refractivity contribution in [2.24, 2.45) is 0 Å². The Hall–Kier alpha value is -3.91. The zero-order chi connectivity index (χ0) is 26.4. The summed E-state index contributed by atoms with van der Waals surface area (Å²) in [6.07, 6.45) is 2.83. The minimum absolute atomic E-state index is 0.126. The number of rotatable bonds is 6. The number of aryl methyl sites for hydroxylation is 1. The lowest BCUT2D eigenvalue weighted by Crippen LogP contribution is -2.32. The molecule has 0 atom stereocenters. The van der Waals surface area contributed by atoms with Crippen molar-refractivity contribution in [3.63, 3.8) is 0 Å². The zero-order valence-corrected chi connectivity index (χ0v) is 21.9. The lowest BCUT2D eigenvalue weighted by molar-refractivity contribution is -0.115. The summed E-state index contributed by atoms with van der Waals surface area (Å²) < 4.78 is 5.75. The number of nitrogens with one attached hydrogen (secondary N) is 3. The van der Waals surface area contributed by atoms with E-state index < -0.39 is 5.91 Å². The van der Waals surface area contributed by atoms with Gasteiger partial charge < -0.3 is 15.1 Å². The Labute approximate surface area is 229 Å². The molecule has 0 radical (unpaired) electrons. The standard InChI is InChI=1S/C28H21Cl2N3O3S/c1-17-16-19(10-13-23(17)32-27(35)18-6-3-2-4-7-18)31-28(37)33-25(34)15-12-20-11-14-24(36-20)21-8-5-9-22(29)26(21)30/h2-16H,1H3,(H,32,35)(H2,31,33,34,37). The summed E-state index contributed by atoms with van der Waals surface area (Å²) in [6, 6.07) is 23.0. The smallest absolute Gasteiger partial charge is 0.255 e. The molecule has 0 unspecified atom stereocenters. The van der Waals surface area contributed by atoms with Crippen LogP contribution in [0.3, 0.4) is 0 Å². The van der Waals surface area contributed by atoms with Gasteiger partial charge in [-0.15, -0.1) is 0 Å². The highest BCUT2D eigenvalue weighted by Crippen LogP contribution is 2.34. The van der Waals surface area contributed by atoms with Crippen LogP contribution in [0.5, 0.6) is 0 Å². The summed E-state index contributed by atoms with van der Waals surface area (Å²) in [5, 5.41) is 9.38. The number of thiocarbonyl (C=S) groups is 1. The molecule has 0 saturated heterocycles. The molecule has 0 spiro atoms. The lowest BCUT2D eigenvalue weighted by atomic mass is 10.1. The average Bonchev–Trinajstić information content (AvgIpc) is 3.35. The van der Waals surface area contributed by atoms with Gasteiger partial charge in [-0.2, -0.15) is 0 Å². The molecule has 0 saturated carbocycles. The van der Waals surface area contributed by atoms with Crippen molar-refractivity contribution in [2.75, 3.05) is 10.6 Å². The van der Waals surface area contributed by atoms with E-state index in [4.69, 9.17) is 39.8 Å². The zero-order valence-electron chi connectivity index (χ0n) is 19.5. The molecule has 0 fully saturated rings. The summed E-state index contributed by atoms with van der Waals surface area (Å²) in [5.74, 6) is 0.366. The monoisotopic (exact) mass is 549 g/mol. The van der Waals surface area contributed by atoms with Crippen molar-refractivity contribution in [3.8, 4) is 11.3 Å². The van der Waals surface area contributed by atoms with Gasteiger partial charge in [0.15, 0.2) is 5.11 Å². The Morgan fingerprint density at radius 3 is 2.46 bits per heavy atom. The maximum Gasteiger partial charge on any atom is 0.255 e. The summed E-state index contributed by atoms with van der Waals surface area (Å²) in [6.45, 7) is 1.87. The van der Waals surface area contributed by atoms with E-state index in [0.29, 0.717) is 44.1 Å². The van der Waals surface area contributed by atoms with Crippen molar-refractivity contribution in [1.82, 2.24) is 5.32 Å². The minimum Gasteiger partial charge on any atom is -0.457 e. The molecular weight excluding hydrogens is 529 g/mol. The van der Waals surface area contributed by atoms with Crippen LogP contribution in [0, 0.1) is 6.92 Å². The highest BCUT2D eigenvalue weighted by atomic mass is 35.5. The molecule has 4 aromatic rings. The maximum absolute atomic E-state index is 12.4. The first kappa shape index (κ1) is 26.2. The molecule has 2 amide bonds. The van der Waals surface area contributed by atoms with E-state index in [1.165, 1.54) is 12.2 Å². The van der Waals surface area contributed by atoms with Crippen LogP contribution in [-0.2, 0) is 4.79 Å². The normalized spacial score (nSPS) is 10.8. The second-order valence-electron chi connectivity index (χ2n) is 7.93. The molecule has 6 nitrogen and oxygen atoms in total. The Balaban J connectivity index is 1.32. The van der Waals surface area contributed by atoms with Crippen LogP contribution < -0.4 is 16.0 Å². The van der Waals surface area contributed by atoms with Crippen LogP contribution in [0.4, 0.5) is 11.4 Å². The molecule has 3 aromatic carbocycles. The molecule has 37 heavy (non-hydrogen) atoms. The number of hydrogen-bond acceptors (Lipinski definition) is 4. The largest absolute Gasteiger partial charge is 0.457 e. The fraction of sp³-hybridized carbons (Fsp3) is 0.0357. The topological polar surface area (TPSA) is 83.4 Å². The van der Waals surface area contributed by atoms with Gasteiger partial charge in [0.1, 0.15) is 11.5 Å². The van der Waals surface area contributed by atoms with E-state index >= 15 is 0 Å². The molecule has 0 aliphatic rings. The quantitative estimate of drug-likeness (QED) is 0.173. The van der Waals surface area contributed by atoms with Gasteiger partial charge in [0.05, 0.1) is 10.0 Å². The van der Waals surface area contributed by atoms with Gasteiger partial charge in [-0.1, -0.05) is 47.5 Å². The van der Waals surface area contributed by atoms with Crippen LogP contribution in [0.1, 0.15) is 21.7 Å². The van der Waals surface area contributed by atoms with E-state index in [-0.39, 0.29) is 11.0 Å². The van der Waals surface area contributed by atoms with Crippen molar-refractivity contribution in [1.29, 1.82) is 0 Å². The summed E-state index contributed by atoms with van der Waals surface area (Å²) in [7, 11) is 0. The highest BCUT2D eigenvalue weighted by Gasteiger charge is 2.11. The van der Waals surface area contributed by atoms with Gasteiger partial charge >= 0.3 is 0 Å². The molecule has 1 heterocycles. The van der Waals surface area contributed by atoms with Gasteiger partial charge in [0.2, 0.25) is 5.91 Å². The van der Waals surface area contributed by atoms with Crippen molar-refractivity contribution in [3.05, 3.63) is 112 Å². The van der Waals surface area contributed by atoms with Crippen LogP contribution >= 0.6 is 35.4 Å². The molecule has 3 N–H and O–H groups in total. The van der Waals surface area contributed by atoms with Gasteiger partial charge in [0, 0.05) is 28.6 Å². The maximum atomic E-state index is 12.4. The van der Waals surface area contributed by atoms with Crippen molar-refractivity contribution < 1.29 is 14.0 Å². The molecular formula is C28H21Cl2N3O3S. The number of carbonyl (C=O) groups excluding carboxylic acids is 2. The molecule has 9 heteroatoms. The number of benzene rings is 3.